The summed E-state index contributed by atoms with van der Waals surface area (Å²) in [4.78, 5) is 14.0. The summed E-state index contributed by atoms with van der Waals surface area (Å²) in [5, 5.41) is 13.0. The molecule has 1 radical (unpaired) electrons. The summed E-state index contributed by atoms with van der Waals surface area (Å²) in [5.41, 5.74) is 13.3. The summed E-state index contributed by atoms with van der Waals surface area (Å²) in [7, 11) is 0. The Labute approximate surface area is 407 Å². The molecule has 5 heterocycles. The van der Waals surface area contributed by atoms with Gasteiger partial charge in [-0.05, 0) is 99.6 Å². The van der Waals surface area contributed by atoms with Gasteiger partial charge in [-0.25, -0.2) is 4.98 Å². The van der Waals surface area contributed by atoms with E-state index in [0.29, 0.717) is 33.7 Å². The number of furan rings is 2. The van der Waals surface area contributed by atoms with Crippen LogP contribution in [0.5, 0.6) is 0 Å². The molecule has 7 nitrogen and oxygen atoms in total. The zero-order chi connectivity index (χ0) is 47.5. The SMILES string of the molecule is CC(C)c1cc(-c2ccccc2)cc(C(C)C)c1-n1c(-c2[c-]ccc3c2oc2c3ccc3c4ccc(C#N)nc4oc32)nc2ccccc21.[2H]C([2H])(c1ccc(-c2[c-]cccc2)nc1)C(C)(C)C.[Ir]. The van der Waals surface area contributed by atoms with Crippen LogP contribution in [0.1, 0.15) is 85.4 Å². The van der Waals surface area contributed by atoms with Crippen molar-refractivity contribution in [3.05, 3.63) is 180 Å². The molecule has 0 bridgehead atoms. The maximum atomic E-state index is 9.41. The number of hydrogen-bond acceptors (Lipinski definition) is 6. The van der Waals surface area contributed by atoms with Crippen molar-refractivity contribution in [2.24, 2.45) is 5.41 Å². The molecule has 67 heavy (non-hydrogen) atoms. The van der Waals surface area contributed by atoms with Crippen LogP contribution >= 0.6 is 0 Å². The summed E-state index contributed by atoms with van der Waals surface area (Å²) in [6.45, 7) is 14.7. The Morgan fingerprint density at radius 1 is 0.687 bits per heavy atom. The minimum absolute atomic E-state index is 0. The van der Waals surface area contributed by atoms with Gasteiger partial charge in [0.05, 0.1) is 22.4 Å². The van der Waals surface area contributed by atoms with E-state index in [-0.39, 0.29) is 31.9 Å². The van der Waals surface area contributed by atoms with Crippen molar-refractivity contribution in [1.29, 1.82) is 5.26 Å². The van der Waals surface area contributed by atoms with E-state index < -0.39 is 11.8 Å². The number of benzene rings is 6. The molecule has 0 aliphatic rings. The van der Waals surface area contributed by atoms with E-state index in [1.54, 1.807) is 12.3 Å². The van der Waals surface area contributed by atoms with Gasteiger partial charge in [0.25, 0.3) is 0 Å². The molecule has 11 rings (SSSR count). The average molecular weight is 1050 g/mol. The monoisotopic (exact) mass is 1050 g/mol. The van der Waals surface area contributed by atoms with Gasteiger partial charge in [0.15, 0.2) is 11.2 Å². The van der Waals surface area contributed by atoms with Crippen molar-refractivity contribution >= 4 is 55.0 Å². The standard InChI is InChI=1S/C43H31N4O2.C16H18N.Ir/c1-24(2)34-21-27(26-11-6-5-7-12-26)22-35(25(3)4)38(34)47-37-16-9-8-15-36(37)46-42(47)33-14-10-13-29-30-19-20-31-32-18-17-28(23-44)45-43(32)49-41(31)40(30)48-39(29)33;1-16(2,3)11-13-9-10-15(17-12-13)14-7-5-4-6-8-14;/h5-13,15-22,24-25H,1-4H3;4-7,9-10,12H,11H2,1-3H3;/q2*-1;/i;11D2;. The Hall–Kier alpha value is -7.17. The Bertz CT molecular complexity index is 3680. The summed E-state index contributed by atoms with van der Waals surface area (Å²) in [6, 6.07) is 55.3. The van der Waals surface area contributed by atoms with Gasteiger partial charge in [-0.2, -0.15) is 5.26 Å². The largest absolute Gasteiger partial charge is 0.497 e. The van der Waals surface area contributed by atoms with Gasteiger partial charge in [0.2, 0.25) is 5.71 Å². The van der Waals surface area contributed by atoms with E-state index in [2.05, 4.69) is 127 Å². The minimum atomic E-state index is -1.40. The number of imidazole rings is 1. The van der Waals surface area contributed by atoms with Crippen molar-refractivity contribution in [3.63, 3.8) is 0 Å². The third-order valence-corrected chi connectivity index (χ3v) is 11.8. The molecule has 0 aliphatic heterocycles. The third kappa shape index (κ3) is 8.58. The Kier molecular flexibility index (Phi) is 11.6. The predicted molar refractivity (Wildman–Crippen MR) is 268 cm³/mol. The summed E-state index contributed by atoms with van der Waals surface area (Å²) in [5.74, 6) is 1.25. The molecule has 8 heteroatoms. The minimum Gasteiger partial charge on any atom is -0.497 e. The number of hydrogen-bond donors (Lipinski definition) is 0. The number of nitriles is 1. The first-order valence-electron chi connectivity index (χ1n) is 23.4. The zero-order valence-electron chi connectivity index (χ0n) is 40.4. The zero-order valence-corrected chi connectivity index (χ0v) is 40.8. The van der Waals surface area contributed by atoms with Gasteiger partial charge in [-0.15, -0.1) is 54.1 Å². The maximum Gasteiger partial charge on any atom is 0.228 e. The second kappa shape index (κ2) is 18.2. The molecule has 5 aromatic heterocycles. The molecule has 0 unspecified atom stereocenters. The summed E-state index contributed by atoms with van der Waals surface area (Å²) < 4.78 is 31.8. The third-order valence-electron chi connectivity index (χ3n) is 11.8. The van der Waals surface area contributed by atoms with Crippen molar-refractivity contribution in [2.75, 3.05) is 0 Å². The fourth-order valence-electron chi connectivity index (χ4n) is 8.79. The summed E-state index contributed by atoms with van der Waals surface area (Å²) >= 11 is 0. The first-order valence-corrected chi connectivity index (χ1v) is 22.4. The molecule has 0 atom stereocenters. The predicted octanol–water partition coefficient (Wildman–Crippen LogP) is 15.6. The van der Waals surface area contributed by atoms with E-state index >= 15 is 0 Å². The van der Waals surface area contributed by atoms with Gasteiger partial charge in [-0.1, -0.05) is 120 Å². The fourth-order valence-corrected chi connectivity index (χ4v) is 8.79. The quantitative estimate of drug-likeness (QED) is 0.148. The fraction of sp³-hybridized carbons (Fsp3) is 0.186. The van der Waals surface area contributed by atoms with Crippen molar-refractivity contribution in [3.8, 4) is 45.5 Å². The van der Waals surface area contributed by atoms with Crippen LogP contribution in [0.3, 0.4) is 0 Å². The summed E-state index contributed by atoms with van der Waals surface area (Å²) in [6.07, 6.45) is 0.223. The molecular weight excluding hydrogens is 1000 g/mol. The number of aromatic nitrogens is 4. The molecule has 0 amide bonds. The van der Waals surface area contributed by atoms with E-state index in [0.717, 1.165) is 60.9 Å². The first kappa shape index (κ1) is 42.5. The van der Waals surface area contributed by atoms with Crippen LogP contribution in [0, 0.1) is 28.9 Å². The molecule has 0 saturated carbocycles. The van der Waals surface area contributed by atoms with E-state index in [4.69, 9.17) is 16.6 Å². The molecule has 0 aliphatic carbocycles. The average Bonchev–Trinajstić information content (AvgIpc) is 4.05. The number of pyridine rings is 2. The number of para-hydroxylation sites is 2. The smallest absolute Gasteiger partial charge is 0.228 e. The normalized spacial score (nSPS) is 12.4. The van der Waals surface area contributed by atoms with Gasteiger partial charge in [-0.3, -0.25) is 4.98 Å². The van der Waals surface area contributed by atoms with E-state index in [1.165, 1.54) is 22.3 Å². The molecule has 11 aromatic rings. The van der Waals surface area contributed by atoms with E-state index in [9.17, 15) is 5.26 Å². The van der Waals surface area contributed by atoms with E-state index in [1.807, 2.05) is 87.5 Å². The van der Waals surface area contributed by atoms with Crippen molar-refractivity contribution in [1.82, 2.24) is 19.5 Å². The molecular formula is C59H49IrN5O2-2. The molecule has 333 valence electrons. The molecule has 6 aromatic carbocycles. The van der Waals surface area contributed by atoms with Crippen LogP contribution in [0.2, 0.25) is 0 Å². The van der Waals surface area contributed by atoms with Gasteiger partial charge < -0.3 is 18.4 Å². The van der Waals surface area contributed by atoms with Gasteiger partial charge >= 0.3 is 0 Å². The maximum absolute atomic E-state index is 9.41. The molecule has 0 spiro atoms. The van der Waals surface area contributed by atoms with Crippen LogP contribution < -0.4 is 0 Å². The van der Waals surface area contributed by atoms with Crippen LogP contribution in [0.25, 0.3) is 94.5 Å². The second-order valence-electron chi connectivity index (χ2n) is 18.3. The Balaban J connectivity index is 0.000000250. The van der Waals surface area contributed by atoms with Crippen molar-refractivity contribution < 1.29 is 31.7 Å². The Morgan fingerprint density at radius 2 is 1.36 bits per heavy atom. The molecule has 0 N–H and O–H groups in total. The van der Waals surface area contributed by atoms with Crippen LogP contribution in [-0.4, -0.2) is 19.5 Å². The first-order chi connectivity index (χ1) is 32.7. The van der Waals surface area contributed by atoms with Crippen LogP contribution in [0.4, 0.5) is 0 Å². The topological polar surface area (TPSA) is 93.7 Å². The number of fused-ring (bicyclic) bond motifs is 8. The van der Waals surface area contributed by atoms with Crippen LogP contribution in [-0.2, 0) is 26.5 Å². The van der Waals surface area contributed by atoms with Crippen molar-refractivity contribution in [2.45, 2.75) is 66.7 Å². The van der Waals surface area contributed by atoms with Gasteiger partial charge in [0, 0.05) is 50.9 Å². The Morgan fingerprint density at radius 3 is 2.03 bits per heavy atom. The number of nitrogens with zero attached hydrogens (tertiary/aromatic N) is 5. The second-order valence-corrected chi connectivity index (χ2v) is 18.3. The molecule has 0 saturated heterocycles. The van der Waals surface area contributed by atoms with Gasteiger partial charge in [0.1, 0.15) is 11.8 Å². The van der Waals surface area contributed by atoms with Crippen LogP contribution in [0.15, 0.2) is 155 Å². The number of rotatable bonds is 7. The molecule has 0 fully saturated rings.